The van der Waals surface area contributed by atoms with E-state index in [0.29, 0.717) is 5.56 Å². The van der Waals surface area contributed by atoms with Gasteiger partial charge >= 0.3 is 7.48 Å². The Morgan fingerprint density at radius 1 is 1.28 bits per heavy atom. The van der Waals surface area contributed by atoms with Gasteiger partial charge < -0.3 is 5.02 Å². The molecule has 0 aliphatic rings. The number of amides is 1. The molecule has 5 nitrogen and oxygen atoms in total. The van der Waals surface area contributed by atoms with Gasteiger partial charge in [0.25, 0.3) is 5.91 Å². The summed E-state index contributed by atoms with van der Waals surface area (Å²) < 4.78 is 40.5. The molecule has 10 heteroatoms. The highest BCUT2D eigenvalue weighted by atomic mass is 19.2. The second kappa shape index (κ2) is 8.19. The molecule has 0 spiro atoms. The van der Waals surface area contributed by atoms with E-state index in [0.717, 1.165) is 23.2 Å². The highest BCUT2D eigenvalue weighted by molar-refractivity contribution is 6.45. The number of carbonyl (C=O) groups is 1. The first-order valence-corrected chi connectivity index (χ1v) is 7.31. The van der Waals surface area contributed by atoms with Crippen LogP contribution in [0.3, 0.4) is 0 Å². The van der Waals surface area contributed by atoms with Crippen LogP contribution in [0, 0.1) is 17.5 Å². The van der Waals surface area contributed by atoms with Crippen molar-refractivity contribution in [3.05, 3.63) is 58.9 Å². The maximum absolute atomic E-state index is 13.6. The van der Waals surface area contributed by atoms with E-state index in [1.165, 1.54) is 27.1 Å². The molecule has 0 bridgehead atoms. The SMILES string of the molecule is Bc1cc(CN(NOC)C(=O)c2cc(F)cc(BO)c2)cc(F)c1F. The van der Waals surface area contributed by atoms with Gasteiger partial charge in [-0.2, -0.15) is 0 Å². The van der Waals surface area contributed by atoms with Crippen LogP contribution in [-0.2, 0) is 11.4 Å². The molecule has 0 atom stereocenters. The molecule has 0 aliphatic carbocycles. The summed E-state index contributed by atoms with van der Waals surface area (Å²) in [5, 5.41) is 10.1. The molecule has 0 saturated carbocycles. The number of hydrogen-bond donors (Lipinski definition) is 2. The van der Waals surface area contributed by atoms with Gasteiger partial charge in [0.05, 0.1) is 13.7 Å². The molecule has 2 aromatic carbocycles. The topological polar surface area (TPSA) is 61.8 Å². The number of nitrogens with one attached hydrogen (secondary N) is 1. The van der Waals surface area contributed by atoms with Gasteiger partial charge in [0, 0.05) is 5.56 Å². The van der Waals surface area contributed by atoms with Crippen molar-refractivity contribution in [1.29, 1.82) is 0 Å². The second-order valence-electron chi connectivity index (χ2n) is 5.40. The first kappa shape index (κ1) is 19.0. The molecule has 0 saturated heterocycles. The lowest BCUT2D eigenvalue weighted by Crippen LogP contribution is -2.42. The highest BCUT2D eigenvalue weighted by Crippen LogP contribution is 2.11. The molecule has 2 aromatic rings. The minimum Gasteiger partial charge on any atom is -0.449 e. The van der Waals surface area contributed by atoms with Crippen molar-refractivity contribution in [3.8, 4) is 0 Å². The van der Waals surface area contributed by atoms with Crippen LogP contribution in [0.1, 0.15) is 15.9 Å². The van der Waals surface area contributed by atoms with E-state index in [1.807, 2.05) is 0 Å². The van der Waals surface area contributed by atoms with Gasteiger partial charge in [0.1, 0.15) is 13.7 Å². The Morgan fingerprint density at radius 2 is 2.00 bits per heavy atom. The Hall–Kier alpha value is -2.29. The van der Waals surface area contributed by atoms with Crippen molar-refractivity contribution in [1.82, 2.24) is 10.6 Å². The van der Waals surface area contributed by atoms with Gasteiger partial charge in [-0.15, -0.1) is 5.59 Å². The van der Waals surface area contributed by atoms with Crippen LogP contribution >= 0.6 is 0 Å². The quantitative estimate of drug-likeness (QED) is 0.521. The maximum Gasteiger partial charge on any atom is 0.304 e. The van der Waals surface area contributed by atoms with Gasteiger partial charge in [-0.3, -0.25) is 9.63 Å². The van der Waals surface area contributed by atoms with Crippen LogP contribution in [0.2, 0.25) is 0 Å². The number of halogens is 3. The minimum atomic E-state index is -1.03. The van der Waals surface area contributed by atoms with Gasteiger partial charge in [-0.25, -0.2) is 18.2 Å². The summed E-state index contributed by atoms with van der Waals surface area (Å²) in [5.74, 6) is -3.35. The zero-order valence-electron chi connectivity index (χ0n) is 13.6. The molecule has 1 amide bonds. The van der Waals surface area contributed by atoms with Crippen LogP contribution in [0.4, 0.5) is 13.2 Å². The monoisotopic (exact) mass is 350 g/mol. The fourth-order valence-corrected chi connectivity index (χ4v) is 2.35. The standard InChI is InChI=1S/C15H15B2F3N2O3/c1-25-21-22(7-8-2-12(16)14(20)13(19)3-8)15(23)9-4-10(17-24)6-11(18)5-9/h2-6,17,21,24H,7,16H2,1H3. The number of carbonyl (C=O) groups excluding carboxylic acids is 1. The molecule has 0 heterocycles. The Morgan fingerprint density at radius 3 is 2.60 bits per heavy atom. The fraction of sp³-hybridized carbons (Fsp3) is 0.133. The third-order valence-corrected chi connectivity index (χ3v) is 3.44. The van der Waals surface area contributed by atoms with Crippen LogP contribution in [0.5, 0.6) is 0 Å². The van der Waals surface area contributed by atoms with Crippen molar-refractivity contribution < 1.29 is 27.8 Å². The molecule has 2 N–H and O–H groups in total. The third kappa shape index (κ3) is 4.62. The molecule has 25 heavy (non-hydrogen) atoms. The Labute approximate surface area is 144 Å². The van der Waals surface area contributed by atoms with E-state index in [9.17, 15) is 18.0 Å². The predicted molar refractivity (Wildman–Crippen MR) is 90.0 cm³/mol. The Bertz CT molecular complexity index is 770. The number of rotatable bonds is 6. The summed E-state index contributed by atoms with van der Waals surface area (Å²) in [7, 11) is 2.23. The minimum absolute atomic E-state index is 0.0343. The lowest BCUT2D eigenvalue weighted by atomic mass is 9.87. The van der Waals surface area contributed by atoms with E-state index in [1.54, 1.807) is 0 Å². The molecule has 2 rings (SSSR count). The molecule has 130 valence electrons. The summed E-state index contributed by atoms with van der Waals surface area (Å²) in [4.78, 5) is 17.3. The average molecular weight is 350 g/mol. The highest BCUT2D eigenvalue weighted by Gasteiger charge is 2.19. The van der Waals surface area contributed by atoms with E-state index in [4.69, 9.17) is 9.86 Å². The van der Waals surface area contributed by atoms with Gasteiger partial charge in [0.15, 0.2) is 11.6 Å². The van der Waals surface area contributed by atoms with E-state index >= 15 is 0 Å². The smallest absolute Gasteiger partial charge is 0.304 e. The molecular weight excluding hydrogens is 335 g/mol. The average Bonchev–Trinajstić information content (AvgIpc) is 2.58. The van der Waals surface area contributed by atoms with Crippen LogP contribution < -0.4 is 16.5 Å². The normalized spacial score (nSPS) is 10.6. The van der Waals surface area contributed by atoms with Gasteiger partial charge in [-0.1, -0.05) is 17.6 Å². The van der Waals surface area contributed by atoms with Gasteiger partial charge in [0.2, 0.25) is 0 Å². The number of nitrogens with zero attached hydrogens (tertiary/aromatic N) is 1. The Balaban J connectivity index is 2.31. The van der Waals surface area contributed by atoms with E-state index in [-0.39, 0.29) is 23.0 Å². The van der Waals surface area contributed by atoms with Crippen molar-refractivity contribution in [2.45, 2.75) is 6.54 Å². The zero-order chi connectivity index (χ0) is 18.6. The largest absolute Gasteiger partial charge is 0.449 e. The summed E-state index contributed by atoms with van der Waals surface area (Å²) in [6.07, 6.45) is 0. The van der Waals surface area contributed by atoms with Crippen LogP contribution in [0.25, 0.3) is 0 Å². The molecule has 0 unspecified atom stereocenters. The number of hydrazine groups is 1. The van der Waals surface area contributed by atoms with Crippen molar-refractivity contribution in [2.75, 3.05) is 7.11 Å². The van der Waals surface area contributed by atoms with E-state index in [2.05, 4.69) is 5.59 Å². The summed E-state index contributed by atoms with van der Waals surface area (Å²) in [5.41, 5.74) is 2.92. The van der Waals surface area contributed by atoms with Crippen molar-refractivity contribution >= 4 is 32.2 Å². The molecule has 0 aliphatic heterocycles. The lowest BCUT2D eigenvalue weighted by molar-refractivity contribution is -0.0443. The summed E-state index contributed by atoms with van der Waals surface area (Å²) >= 11 is 0. The predicted octanol–water partition coefficient (Wildman–Crippen LogP) is -0.960. The van der Waals surface area contributed by atoms with Crippen LogP contribution in [-0.4, -0.2) is 38.4 Å². The molecule has 0 aromatic heterocycles. The zero-order valence-corrected chi connectivity index (χ0v) is 13.6. The fourth-order valence-electron chi connectivity index (χ4n) is 2.35. The molecule has 0 radical (unpaired) electrons. The summed E-state index contributed by atoms with van der Waals surface area (Å²) in [6.45, 7) is -0.157. The van der Waals surface area contributed by atoms with Gasteiger partial charge in [-0.05, 0) is 29.2 Å². The lowest BCUT2D eigenvalue weighted by Gasteiger charge is -2.22. The van der Waals surface area contributed by atoms with Crippen LogP contribution in [0.15, 0.2) is 30.3 Å². The number of benzene rings is 2. The number of hydrogen-bond acceptors (Lipinski definition) is 4. The molecule has 0 fully saturated rings. The summed E-state index contributed by atoms with van der Waals surface area (Å²) in [6, 6.07) is 5.78. The maximum atomic E-state index is 13.6. The molecular formula is C15H15B2F3N2O3. The first-order chi connectivity index (χ1) is 11.8. The van der Waals surface area contributed by atoms with Crippen molar-refractivity contribution in [3.63, 3.8) is 0 Å². The second-order valence-corrected chi connectivity index (χ2v) is 5.40. The van der Waals surface area contributed by atoms with E-state index < -0.39 is 30.8 Å². The third-order valence-electron chi connectivity index (χ3n) is 3.44. The van der Waals surface area contributed by atoms with Crippen molar-refractivity contribution in [2.24, 2.45) is 0 Å². The first-order valence-electron chi connectivity index (χ1n) is 7.31. The Kier molecular flexibility index (Phi) is 6.24.